The van der Waals surface area contributed by atoms with Gasteiger partial charge >= 0.3 is 0 Å². The molecule has 0 aromatic heterocycles. The lowest BCUT2D eigenvalue weighted by atomic mass is 10.1. The molecule has 0 spiro atoms. The third-order valence-corrected chi connectivity index (χ3v) is 7.30. The van der Waals surface area contributed by atoms with Crippen LogP contribution in [0.5, 0.6) is 0 Å². The topological polar surface area (TPSA) is 15.3 Å². The van der Waals surface area contributed by atoms with Crippen LogP contribution in [0.3, 0.4) is 0 Å². The van der Waals surface area contributed by atoms with Gasteiger partial charge in [-0.05, 0) is 45.3 Å². The van der Waals surface area contributed by atoms with Gasteiger partial charge in [0.25, 0.3) is 0 Å². The van der Waals surface area contributed by atoms with Gasteiger partial charge in [-0.1, -0.05) is 129 Å². The van der Waals surface area contributed by atoms with Gasteiger partial charge in [-0.2, -0.15) is 0 Å². The van der Waals surface area contributed by atoms with Crippen LogP contribution < -0.4 is 5.32 Å². The average Bonchev–Trinajstić information content (AvgIpc) is 3.29. The number of nitrogens with one attached hydrogen (secondary N) is 1. The van der Waals surface area contributed by atoms with Gasteiger partial charge in [0.05, 0.1) is 0 Å². The highest BCUT2D eigenvalue weighted by Crippen LogP contribution is 2.14. The summed E-state index contributed by atoms with van der Waals surface area (Å²) < 4.78 is 0. The first-order chi connectivity index (χ1) is 15.4. The second-order valence-electron chi connectivity index (χ2n) is 10.5. The number of rotatable bonds is 24. The Morgan fingerprint density at radius 1 is 0.548 bits per heavy atom. The van der Waals surface area contributed by atoms with Crippen LogP contribution in [-0.2, 0) is 0 Å². The second-order valence-corrected chi connectivity index (χ2v) is 10.5. The fourth-order valence-corrected chi connectivity index (χ4v) is 5.16. The Labute approximate surface area is 197 Å². The second kappa shape index (κ2) is 23.1. The molecule has 0 unspecified atom stereocenters. The summed E-state index contributed by atoms with van der Waals surface area (Å²) >= 11 is 0. The highest BCUT2D eigenvalue weighted by molar-refractivity contribution is 4.78. The third-order valence-electron chi connectivity index (χ3n) is 7.30. The summed E-state index contributed by atoms with van der Waals surface area (Å²) in [5.74, 6) is 0. The van der Waals surface area contributed by atoms with Crippen molar-refractivity contribution >= 4 is 0 Å². The Morgan fingerprint density at radius 2 is 0.935 bits per heavy atom. The normalized spacial score (nSPS) is 16.5. The highest BCUT2D eigenvalue weighted by atomic mass is 15.1. The first-order valence-electron chi connectivity index (χ1n) is 14.8. The molecule has 1 aliphatic heterocycles. The minimum absolute atomic E-state index is 0.770. The highest BCUT2D eigenvalue weighted by Gasteiger charge is 2.17. The quantitative estimate of drug-likeness (QED) is 0.152. The zero-order valence-electron chi connectivity index (χ0n) is 21.9. The molecule has 0 aliphatic carbocycles. The summed E-state index contributed by atoms with van der Waals surface area (Å²) in [6, 6.07) is 0.770. The number of nitrogens with zero attached hydrogens (tertiary/aromatic N) is 1. The van der Waals surface area contributed by atoms with E-state index in [1.165, 1.54) is 167 Å². The van der Waals surface area contributed by atoms with Crippen LogP contribution in [0, 0.1) is 0 Å². The molecule has 1 aliphatic rings. The summed E-state index contributed by atoms with van der Waals surface area (Å²) in [6.07, 6.45) is 31.7. The van der Waals surface area contributed by atoms with Crippen molar-refractivity contribution in [1.29, 1.82) is 0 Å². The predicted octanol–water partition coefficient (Wildman–Crippen LogP) is 8.88. The van der Waals surface area contributed by atoms with E-state index in [4.69, 9.17) is 0 Å². The van der Waals surface area contributed by atoms with E-state index in [-0.39, 0.29) is 0 Å². The van der Waals surface area contributed by atoms with E-state index in [2.05, 4.69) is 24.1 Å². The van der Waals surface area contributed by atoms with Crippen molar-refractivity contribution in [3.63, 3.8) is 0 Å². The fraction of sp³-hybridized carbons (Fsp3) is 1.00. The van der Waals surface area contributed by atoms with Gasteiger partial charge in [0.1, 0.15) is 0 Å². The van der Waals surface area contributed by atoms with Crippen LogP contribution in [0.4, 0.5) is 0 Å². The predicted molar refractivity (Wildman–Crippen MR) is 141 cm³/mol. The standard InChI is InChI=1S/C29H60N2/c1-3-5-7-9-11-13-15-17-19-21-26-31(28-29-24-23-25-30-29)27-22-20-18-16-14-12-10-8-6-4-2/h29-30H,3-28H2,1-2H3/t29-/m0/s1. The van der Waals surface area contributed by atoms with Crippen molar-refractivity contribution in [3.8, 4) is 0 Å². The summed E-state index contributed by atoms with van der Waals surface area (Å²) in [6.45, 7) is 9.84. The molecular formula is C29H60N2. The van der Waals surface area contributed by atoms with Crippen molar-refractivity contribution in [3.05, 3.63) is 0 Å². The molecule has 0 radical (unpaired) electrons. The summed E-state index contributed by atoms with van der Waals surface area (Å²) in [5.41, 5.74) is 0. The Morgan fingerprint density at radius 3 is 1.29 bits per heavy atom. The molecule has 2 heteroatoms. The van der Waals surface area contributed by atoms with Crippen LogP contribution in [0.1, 0.15) is 155 Å². The van der Waals surface area contributed by atoms with E-state index in [0.717, 1.165) is 6.04 Å². The maximum atomic E-state index is 3.72. The van der Waals surface area contributed by atoms with Crippen LogP contribution in [0.25, 0.3) is 0 Å². The maximum Gasteiger partial charge on any atom is 0.0195 e. The molecule has 1 saturated heterocycles. The minimum Gasteiger partial charge on any atom is -0.313 e. The number of hydrogen-bond acceptors (Lipinski definition) is 2. The minimum atomic E-state index is 0.770. The van der Waals surface area contributed by atoms with Crippen LogP contribution >= 0.6 is 0 Å². The molecule has 186 valence electrons. The van der Waals surface area contributed by atoms with Crippen molar-refractivity contribution in [2.75, 3.05) is 26.2 Å². The van der Waals surface area contributed by atoms with Gasteiger partial charge in [0.15, 0.2) is 0 Å². The molecule has 0 saturated carbocycles. The van der Waals surface area contributed by atoms with Crippen LogP contribution in [0.15, 0.2) is 0 Å². The van der Waals surface area contributed by atoms with Crippen molar-refractivity contribution in [1.82, 2.24) is 10.2 Å². The van der Waals surface area contributed by atoms with Gasteiger partial charge in [0.2, 0.25) is 0 Å². The maximum absolute atomic E-state index is 3.72. The van der Waals surface area contributed by atoms with Crippen LogP contribution in [0.2, 0.25) is 0 Å². The molecule has 1 N–H and O–H groups in total. The SMILES string of the molecule is CCCCCCCCCCCCN(CCCCCCCCCCCC)C[C@@H]1CCCN1. The third kappa shape index (κ3) is 19.1. The van der Waals surface area contributed by atoms with Crippen molar-refractivity contribution in [2.24, 2.45) is 0 Å². The summed E-state index contributed by atoms with van der Waals surface area (Å²) in [5, 5.41) is 3.72. The van der Waals surface area contributed by atoms with Gasteiger partial charge in [-0.3, -0.25) is 0 Å². The zero-order valence-corrected chi connectivity index (χ0v) is 21.9. The first kappa shape index (κ1) is 29.0. The van der Waals surface area contributed by atoms with Crippen LogP contribution in [-0.4, -0.2) is 37.1 Å². The van der Waals surface area contributed by atoms with E-state index in [9.17, 15) is 0 Å². The molecule has 1 heterocycles. The number of hydrogen-bond donors (Lipinski definition) is 1. The van der Waals surface area contributed by atoms with E-state index in [0.29, 0.717) is 0 Å². The Bertz CT molecular complexity index is 314. The Balaban J connectivity index is 2.01. The monoisotopic (exact) mass is 436 g/mol. The molecule has 31 heavy (non-hydrogen) atoms. The Hall–Kier alpha value is -0.0800. The van der Waals surface area contributed by atoms with E-state index < -0.39 is 0 Å². The fourth-order valence-electron chi connectivity index (χ4n) is 5.16. The lowest BCUT2D eigenvalue weighted by Crippen LogP contribution is -2.38. The molecule has 1 rings (SSSR count). The van der Waals surface area contributed by atoms with Crippen molar-refractivity contribution in [2.45, 2.75) is 161 Å². The lowest BCUT2D eigenvalue weighted by molar-refractivity contribution is 0.238. The zero-order chi connectivity index (χ0) is 22.2. The van der Waals surface area contributed by atoms with E-state index in [1.807, 2.05) is 0 Å². The molecule has 0 bridgehead atoms. The molecule has 0 aromatic carbocycles. The van der Waals surface area contributed by atoms with Gasteiger partial charge in [-0.15, -0.1) is 0 Å². The van der Waals surface area contributed by atoms with E-state index in [1.54, 1.807) is 0 Å². The summed E-state index contributed by atoms with van der Waals surface area (Å²) in [4.78, 5) is 2.80. The smallest absolute Gasteiger partial charge is 0.0195 e. The number of unbranched alkanes of at least 4 members (excludes halogenated alkanes) is 18. The molecule has 0 aromatic rings. The van der Waals surface area contributed by atoms with Gasteiger partial charge < -0.3 is 10.2 Å². The molecule has 2 nitrogen and oxygen atoms in total. The molecular weight excluding hydrogens is 376 g/mol. The van der Waals surface area contributed by atoms with Crippen molar-refractivity contribution < 1.29 is 0 Å². The van der Waals surface area contributed by atoms with E-state index >= 15 is 0 Å². The average molecular weight is 437 g/mol. The first-order valence-corrected chi connectivity index (χ1v) is 14.8. The summed E-state index contributed by atoms with van der Waals surface area (Å²) in [7, 11) is 0. The Kier molecular flexibility index (Phi) is 21.6. The molecule has 1 fully saturated rings. The lowest BCUT2D eigenvalue weighted by Gasteiger charge is -2.25. The molecule has 1 atom stereocenters. The van der Waals surface area contributed by atoms with Gasteiger partial charge in [0, 0.05) is 12.6 Å². The van der Waals surface area contributed by atoms with Gasteiger partial charge in [-0.25, -0.2) is 0 Å². The molecule has 0 amide bonds. The largest absolute Gasteiger partial charge is 0.313 e.